The number of hydrogen-bond acceptors (Lipinski definition) is 4. The van der Waals surface area contributed by atoms with Crippen LogP contribution in [0.15, 0.2) is 33.5 Å². The molecule has 1 fully saturated rings. The lowest BCUT2D eigenvalue weighted by molar-refractivity contribution is 0.173. The summed E-state index contributed by atoms with van der Waals surface area (Å²) >= 11 is 0. The van der Waals surface area contributed by atoms with Gasteiger partial charge in [0.1, 0.15) is 0 Å². The fourth-order valence-electron chi connectivity index (χ4n) is 2.55. The quantitative estimate of drug-likeness (QED) is 0.825. The molecule has 1 aliphatic carbocycles. The Morgan fingerprint density at radius 2 is 2.18 bits per heavy atom. The van der Waals surface area contributed by atoms with Gasteiger partial charge in [0.05, 0.1) is 12.1 Å². The van der Waals surface area contributed by atoms with Gasteiger partial charge >= 0.3 is 11.8 Å². The fraction of sp³-hybridized carbons (Fsp3) is 0.467. The van der Waals surface area contributed by atoms with Crippen molar-refractivity contribution < 1.29 is 14.3 Å². The van der Waals surface area contributed by atoms with E-state index >= 15 is 0 Å². The zero-order chi connectivity index (χ0) is 15.5. The summed E-state index contributed by atoms with van der Waals surface area (Å²) in [6.07, 6.45) is 1.97. The van der Waals surface area contributed by atoms with Gasteiger partial charge in [-0.3, -0.25) is 4.57 Å². The zero-order valence-electron chi connectivity index (χ0n) is 12.2. The van der Waals surface area contributed by atoms with E-state index in [1.807, 2.05) is 12.1 Å². The summed E-state index contributed by atoms with van der Waals surface area (Å²) in [5, 5.41) is 11.8. The van der Waals surface area contributed by atoms with Crippen LogP contribution in [0.5, 0.6) is 0 Å². The number of carbonyl (C=O) groups is 1. The Labute approximate surface area is 127 Å². The molecule has 1 aliphatic rings. The highest BCUT2D eigenvalue weighted by Crippen LogP contribution is 2.26. The molecule has 1 heterocycles. The molecule has 1 aromatic heterocycles. The summed E-state index contributed by atoms with van der Waals surface area (Å²) in [6, 6.07) is 7.23. The molecule has 1 aromatic carbocycles. The van der Waals surface area contributed by atoms with E-state index < -0.39 is 5.76 Å². The molecule has 0 spiro atoms. The van der Waals surface area contributed by atoms with Crippen LogP contribution < -0.4 is 11.1 Å². The van der Waals surface area contributed by atoms with Crippen LogP contribution >= 0.6 is 0 Å². The van der Waals surface area contributed by atoms with Crippen molar-refractivity contribution in [3.05, 3.63) is 34.8 Å². The Kier molecular flexibility index (Phi) is 4.15. The van der Waals surface area contributed by atoms with Crippen molar-refractivity contribution in [3.8, 4) is 0 Å². The highest BCUT2D eigenvalue weighted by molar-refractivity contribution is 5.75. The average Bonchev–Trinajstić information content (AvgIpc) is 3.29. The molecule has 2 N–H and O–H groups in total. The highest BCUT2D eigenvalue weighted by Gasteiger charge is 2.31. The monoisotopic (exact) mass is 305 g/mol. The number of fused-ring (bicyclic) bond motifs is 1. The zero-order valence-corrected chi connectivity index (χ0v) is 12.2. The van der Waals surface area contributed by atoms with Crippen molar-refractivity contribution in [1.29, 1.82) is 0 Å². The summed E-state index contributed by atoms with van der Waals surface area (Å²) in [5.74, 6) is -0.426. The van der Waals surface area contributed by atoms with E-state index in [1.165, 1.54) is 4.57 Å². The molecule has 0 saturated heterocycles. The molecule has 0 radical (unpaired) electrons. The number of nitrogens with zero attached hydrogens (tertiary/aromatic N) is 2. The third kappa shape index (κ3) is 2.99. The van der Waals surface area contributed by atoms with Crippen LogP contribution in [0.3, 0.4) is 0 Å². The number of oxazole rings is 1. The number of rotatable bonds is 6. The van der Waals surface area contributed by atoms with Gasteiger partial charge < -0.3 is 19.7 Å². The van der Waals surface area contributed by atoms with E-state index in [-0.39, 0.29) is 18.7 Å². The van der Waals surface area contributed by atoms with Crippen molar-refractivity contribution in [2.75, 3.05) is 19.7 Å². The standard InChI is InChI=1S/C15H19N3O4/c19-10-9-17(11-5-6-11)14(20)16-7-8-18-12-3-1-2-4-13(12)22-15(18)21/h1-4,11,19H,5-10H2,(H,16,20). The van der Waals surface area contributed by atoms with Crippen LogP contribution in [0, 0.1) is 0 Å². The first-order valence-corrected chi connectivity index (χ1v) is 7.44. The summed E-state index contributed by atoms with van der Waals surface area (Å²) in [5.41, 5.74) is 1.26. The number of nitrogens with one attached hydrogen (secondary N) is 1. The topological polar surface area (TPSA) is 87.7 Å². The predicted octanol–water partition coefficient (Wildman–Crippen LogP) is 0.761. The lowest BCUT2D eigenvalue weighted by atomic mass is 10.3. The van der Waals surface area contributed by atoms with E-state index in [0.29, 0.717) is 25.2 Å². The number of aliphatic hydroxyl groups excluding tert-OH is 1. The SMILES string of the molecule is O=C(NCCn1c(=O)oc2ccccc21)N(CCO)C1CC1. The van der Waals surface area contributed by atoms with Crippen LogP contribution in [-0.2, 0) is 6.54 Å². The normalized spacial score (nSPS) is 14.2. The van der Waals surface area contributed by atoms with Gasteiger partial charge in [0.25, 0.3) is 0 Å². The Hall–Kier alpha value is -2.28. The van der Waals surface area contributed by atoms with Gasteiger partial charge in [-0.05, 0) is 25.0 Å². The van der Waals surface area contributed by atoms with E-state index in [1.54, 1.807) is 17.0 Å². The third-order valence-corrected chi connectivity index (χ3v) is 3.77. The molecule has 2 aromatic rings. The number of urea groups is 1. The molecule has 0 unspecified atom stereocenters. The molecular formula is C15H19N3O4. The van der Waals surface area contributed by atoms with Crippen molar-refractivity contribution in [3.63, 3.8) is 0 Å². The number of hydrogen-bond donors (Lipinski definition) is 2. The molecule has 0 atom stereocenters. The van der Waals surface area contributed by atoms with Gasteiger partial charge in [0.2, 0.25) is 0 Å². The maximum Gasteiger partial charge on any atom is 0.420 e. The summed E-state index contributed by atoms with van der Waals surface area (Å²) < 4.78 is 6.65. The van der Waals surface area contributed by atoms with E-state index in [0.717, 1.165) is 18.4 Å². The van der Waals surface area contributed by atoms with Crippen LogP contribution in [0.25, 0.3) is 11.1 Å². The number of amides is 2. The molecule has 118 valence electrons. The lowest BCUT2D eigenvalue weighted by Crippen LogP contribution is -2.44. The third-order valence-electron chi connectivity index (χ3n) is 3.77. The summed E-state index contributed by atoms with van der Waals surface area (Å²) in [7, 11) is 0. The largest absolute Gasteiger partial charge is 0.420 e. The maximum atomic E-state index is 12.1. The Bertz CT molecular complexity index is 717. The fourth-order valence-corrected chi connectivity index (χ4v) is 2.55. The molecule has 0 aliphatic heterocycles. The van der Waals surface area contributed by atoms with Crippen LogP contribution in [0.4, 0.5) is 4.79 Å². The number of carbonyl (C=O) groups excluding carboxylic acids is 1. The molecule has 22 heavy (non-hydrogen) atoms. The highest BCUT2D eigenvalue weighted by atomic mass is 16.4. The lowest BCUT2D eigenvalue weighted by Gasteiger charge is -2.21. The van der Waals surface area contributed by atoms with E-state index in [9.17, 15) is 9.59 Å². The van der Waals surface area contributed by atoms with Crippen molar-refractivity contribution in [2.24, 2.45) is 0 Å². The van der Waals surface area contributed by atoms with Crippen LogP contribution in [0.1, 0.15) is 12.8 Å². The second kappa shape index (κ2) is 6.23. The van der Waals surface area contributed by atoms with Gasteiger partial charge in [-0.1, -0.05) is 12.1 Å². The molecule has 7 nitrogen and oxygen atoms in total. The minimum atomic E-state index is -0.426. The summed E-state index contributed by atoms with van der Waals surface area (Å²) in [4.78, 5) is 25.5. The first kappa shape index (κ1) is 14.6. The van der Waals surface area contributed by atoms with Crippen LogP contribution in [-0.4, -0.2) is 46.3 Å². The Morgan fingerprint density at radius 1 is 1.41 bits per heavy atom. The number of aromatic nitrogens is 1. The van der Waals surface area contributed by atoms with E-state index in [2.05, 4.69) is 5.32 Å². The summed E-state index contributed by atoms with van der Waals surface area (Å²) in [6.45, 7) is 0.969. The van der Waals surface area contributed by atoms with E-state index in [4.69, 9.17) is 9.52 Å². The minimum Gasteiger partial charge on any atom is -0.408 e. The second-order valence-electron chi connectivity index (χ2n) is 5.37. The van der Waals surface area contributed by atoms with Crippen molar-refractivity contribution in [2.45, 2.75) is 25.4 Å². The number of para-hydroxylation sites is 2. The maximum absolute atomic E-state index is 12.1. The molecule has 1 saturated carbocycles. The van der Waals surface area contributed by atoms with Gasteiger partial charge in [-0.25, -0.2) is 9.59 Å². The smallest absolute Gasteiger partial charge is 0.408 e. The second-order valence-corrected chi connectivity index (χ2v) is 5.37. The van der Waals surface area contributed by atoms with Gasteiger partial charge in [0, 0.05) is 25.7 Å². The Morgan fingerprint density at radius 3 is 2.91 bits per heavy atom. The molecular weight excluding hydrogens is 286 g/mol. The first-order valence-electron chi connectivity index (χ1n) is 7.44. The average molecular weight is 305 g/mol. The van der Waals surface area contributed by atoms with Gasteiger partial charge in [-0.2, -0.15) is 0 Å². The number of benzene rings is 1. The van der Waals surface area contributed by atoms with Gasteiger partial charge in [-0.15, -0.1) is 0 Å². The van der Waals surface area contributed by atoms with Crippen molar-refractivity contribution in [1.82, 2.24) is 14.8 Å². The van der Waals surface area contributed by atoms with Crippen molar-refractivity contribution >= 4 is 17.1 Å². The predicted molar refractivity (Wildman–Crippen MR) is 80.7 cm³/mol. The molecule has 0 bridgehead atoms. The molecule has 2 amide bonds. The molecule has 7 heteroatoms. The van der Waals surface area contributed by atoms with Crippen LogP contribution in [0.2, 0.25) is 0 Å². The minimum absolute atomic E-state index is 0.0459. The number of aliphatic hydroxyl groups is 1. The van der Waals surface area contributed by atoms with Gasteiger partial charge in [0.15, 0.2) is 5.58 Å². The first-order chi connectivity index (χ1) is 10.7. The Balaban J connectivity index is 1.61. The molecule has 3 rings (SSSR count).